The molecule has 0 aliphatic rings. The predicted octanol–water partition coefficient (Wildman–Crippen LogP) is 1.03. The molecule has 0 saturated heterocycles. The van der Waals surface area contributed by atoms with E-state index in [-0.39, 0.29) is 32.0 Å². The zero-order chi connectivity index (χ0) is 25.1. The van der Waals surface area contributed by atoms with Crippen LogP contribution in [0.25, 0.3) is 0 Å². The van der Waals surface area contributed by atoms with Crippen LogP contribution in [0, 0.1) is 0 Å². The van der Waals surface area contributed by atoms with E-state index in [9.17, 15) is 18.0 Å². The first kappa shape index (κ1) is 27.3. The number of likely N-dealkylation sites (N-methyl/N-ethyl adjacent to an activating group) is 1. The Morgan fingerprint density at radius 2 is 1.71 bits per heavy atom. The van der Waals surface area contributed by atoms with Gasteiger partial charge in [-0.15, -0.1) is 0 Å². The molecule has 0 bridgehead atoms. The zero-order valence-electron chi connectivity index (χ0n) is 19.8. The largest absolute Gasteiger partial charge is 0.497 e. The highest BCUT2D eigenvalue weighted by atomic mass is 32.2. The van der Waals surface area contributed by atoms with Crippen molar-refractivity contribution in [3.05, 3.63) is 65.7 Å². The summed E-state index contributed by atoms with van der Waals surface area (Å²) in [6.45, 7) is -0.110. The van der Waals surface area contributed by atoms with E-state index < -0.39 is 28.5 Å². The lowest BCUT2D eigenvalue weighted by molar-refractivity contribution is -0.141. The number of aliphatic hydroxyl groups is 1. The molecule has 186 valence electrons. The maximum Gasteiger partial charge on any atom is 0.243 e. The number of ether oxygens (including phenoxy) is 1. The Labute approximate surface area is 201 Å². The standard InChI is InChI=1S/C24H33N3O6S/c1-26(34(3,31)32)18-23(29)27(17-20-10-12-21(33-2)13-11-20)22(24(30)25-14-7-15-28)16-19-8-5-4-6-9-19/h4-6,8-13,22,28H,7,14-18H2,1-3H3,(H,25,30)/t22-/m1/s1. The van der Waals surface area contributed by atoms with Gasteiger partial charge in [-0.3, -0.25) is 9.59 Å². The minimum atomic E-state index is -3.59. The fourth-order valence-corrected chi connectivity index (χ4v) is 3.63. The Morgan fingerprint density at radius 3 is 2.26 bits per heavy atom. The van der Waals surface area contributed by atoms with Crippen molar-refractivity contribution in [3.63, 3.8) is 0 Å². The van der Waals surface area contributed by atoms with E-state index in [4.69, 9.17) is 9.84 Å². The van der Waals surface area contributed by atoms with Crippen molar-refractivity contribution in [2.45, 2.75) is 25.4 Å². The highest BCUT2D eigenvalue weighted by Gasteiger charge is 2.31. The van der Waals surface area contributed by atoms with Gasteiger partial charge in [-0.2, -0.15) is 4.31 Å². The number of nitrogens with one attached hydrogen (secondary N) is 1. The second-order valence-corrected chi connectivity index (χ2v) is 10.1. The lowest BCUT2D eigenvalue weighted by Crippen LogP contribution is -2.53. The SMILES string of the molecule is COc1ccc(CN(C(=O)CN(C)S(C)(=O)=O)[C@H](Cc2ccccc2)C(=O)NCCCO)cc1. The third-order valence-corrected chi connectivity index (χ3v) is 6.60. The molecule has 0 aromatic heterocycles. The van der Waals surface area contributed by atoms with Crippen LogP contribution >= 0.6 is 0 Å². The van der Waals surface area contributed by atoms with E-state index >= 15 is 0 Å². The second kappa shape index (κ2) is 13.1. The van der Waals surface area contributed by atoms with E-state index in [1.165, 1.54) is 11.9 Å². The smallest absolute Gasteiger partial charge is 0.243 e. The number of aliphatic hydroxyl groups excluding tert-OH is 1. The third-order valence-electron chi connectivity index (χ3n) is 5.34. The Balaban J connectivity index is 2.41. The highest BCUT2D eigenvalue weighted by Crippen LogP contribution is 2.18. The number of carbonyl (C=O) groups is 2. The number of amides is 2. The lowest BCUT2D eigenvalue weighted by atomic mass is 10.0. The molecule has 2 aromatic rings. The Hall–Kier alpha value is -2.95. The fraction of sp³-hybridized carbons (Fsp3) is 0.417. The minimum absolute atomic E-state index is 0.0721. The van der Waals surface area contributed by atoms with Crippen LogP contribution in [-0.4, -0.2) is 80.7 Å². The van der Waals surface area contributed by atoms with Gasteiger partial charge in [0.1, 0.15) is 11.8 Å². The van der Waals surface area contributed by atoms with E-state index in [2.05, 4.69) is 5.32 Å². The highest BCUT2D eigenvalue weighted by molar-refractivity contribution is 7.88. The summed E-state index contributed by atoms with van der Waals surface area (Å²) in [6.07, 6.45) is 1.65. The molecule has 2 rings (SSSR count). The first-order valence-corrected chi connectivity index (χ1v) is 12.8. The zero-order valence-corrected chi connectivity index (χ0v) is 20.6. The first-order chi connectivity index (χ1) is 16.2. The summed E-state index contributed by atoms with van der Waals surface area (Å²) in [7, 11) is -0.715. The van der Waals surface area contributed by atoms with Gasteiger partial charge in [0.2, 0.25) is 21.8 Å². The molecular weight excluding hydrogens is 458 g/mol. The van der Waals surface area contributed by atoms with Gasteiger partial charge < -0.3 is 20.1 Å². The Kier molecular flexibility index (Phi) is 10.5. The van der Waals surface area contributed by atoms with E-state index in [0.717, 1.165) is 21.7 Å². The molecule has 34 heavy (non-hydrogen) atoms. The summed E-state index contributed by atoms with van der Waals surface area (Å²) in [5.41, 5.74) is 1.62. The molecule has 0 radical (unpaired) electrons. The molecule has 0 aliphatic heterocycles. The van der Waals surface area contributed by atoms with Gasteiger partial charge in [-0.05, 0) is 29.7 Å². The van der Waals surface area contributed by atoms with Crippen LogP contribution in [-0.2, 0) is 32.6 Å². The van der Waals surface area contributed by atoms with Gasteiger partial charge >= 0.3 is 0 Å². The molecule has 0 aliphatic carbocycles. The molecule has 1 atom stereocenters. The average Bonchev–Trinajstić information content (AvgIpc) is 2.81. The summed E-state index contributed by atoms with van der Waals surface area (Å²) in [6, 6.07) is 15.5. The number of nitrogens with zero attached hydrogens (tertiary/aromatic N) is 2. The van der Waals surface area contributed by atoms with Crippen molar-refractivity contribution < 1.29 is 27.9 Å². The van der Waals surface area contributed by atoms with Crippen LogP contribution in [0.15, 0.2) is 54.6 Å². The summed E-state index contributed by atoms with van der Waals surface area (Å²) >= 11 is 0. The van der Waals surface area contributed by atoms with Crippen LogP contribution in [0.3, 0.4) is 0 Å². The molecule has 10 heteroatoms. The van der Waals surface area contributed by atoms with Gasteiger partial charge in [0.15, 0.2) is 0 Å². The summed E-state index contributed by atoms with van der Waals surface area (Å²) in [4.78, 5) is 28.0. The van der Waals surface area contributed by atoms with Gasteiger partial charge in [-0.25, -0.2) is 8.42 Å². The van der Waals surface area contributed by atoms with Gasteiger partial charge in [-0.1, -0.05) is 42.5 Å². The normalized spacial score (nSPS) is 12.3. The molecule has 9 nitrogen and oxygen atoms in total. The van der Waals surface area contributed by atoms with Crippen molar-refractivity contribution in [3.8, 4) is 5.75 Å². The monoisotopic (exact) mass is 491 g/mol. The van der Waals surface area contributed by atoms with Gasteiger partial charge in [0, 0.05) is 33.2 Å². The third kappa shape index (κ3) is 8.44. The van der Waals surface area contributed by atoms with Crippen molar-refractivity contribution in [1.82, 2.24) is 14.5 Å². The number of sulfonamides is 1. The van der Waals surface area contributed by atoms with Crippen LogP contribution in [0.2, 0.25) is 0 Å². The molecule has 2 aromatic carbocycles. The summed E-state index contributed by atoms with van der Waals surface area (Å²) in [5.74, 6) is -0.218. The van der Waals surface area contributed by atoms with Crippen molar-refractivity contribution in [1.29, 1.82) is 0 Å². The molecule has 0 fully saturated rings. The number of hydrogen-bond donors (Lipinski definition) is 2. The van der Waals surface area contributed by atoms with Crippen molar-refractivity contribution in [2.24, 2.45) is 0 Å². The first-order valence-electron chi connectivity index (χ1n) is 10.9. The second-order valence-electron chi connectivity index (χ2n) is 7.96. The van der Waals surface area contributed by atoms with Crippen LogP contribution < -0.4 is 10.1 Å². The van der Waals surface area contributed by atoms with Crippen LogP contribution in [0.1, 0.15) is 17.5 Å². The molecule has 0 heterocycles. The van der Waals surface area contributed by atoms with Crippen LogP contribution in [0.5, 0.6) is 5.75 Å². The molecule has 0 unspecified atom stereocenters. The lowest BCUT2D eigenvalue weighted by Gasteiger charge is -2.32. The number of methoxy groups -OCH3 is 1. The van der Waals surface area contributed by atoms with E-state index in [1.54, 1.807) is 31.4 Å². The Morgan fingerprint density at radius 1 is 1.06 bits per heavy atom. The molecule has 2 N–H and O–H groups in total. The van der Waals surface area contributed by atoms with Crippen molar-refractivity contribution >= 4 is 21.8 Å². The molecule has 0 spiro atoms. The van der Waals surface area contributed by atoms with Crippen molar-refractivity contribution in [2.75, 3.05) is 40.1 Å². The van der Waals surface area contributed by atoms with Crippen LogP contribution in [0.4, 0.5) is 0 Å². The topological polar surface area (TPSA) is 116 Å². The quantitative estimate of drug-likeness (QED) is 0.404. The van der Waals surface area contributed by atoms with Gasteiger partial charge in [0.05, 0.1) is 19.9 Å². The number of benzene rings is 2. The number of hydrogen-bond acceptors (Lipinski definition) is 6. The van der Waals surface area contributed by atoms with E-state index in [1.807, 2.05) is 30.3 Å². The minimum Gasteiger partial charge on any atom is -0.497 e. The molecular formula is C24H33N3O6S. The summed E-state index contributed by atoms with van der Waals surface area (Å²) in [5, 5.41) is 11.9. The predicted molar refractivity (Wildman–Crippen MR) is 130 cm³/mol. The van der Waals surface area contributed by atoms with Gasteiger partial charge in [0.25, 0.3) is 0 Å². The fourth-order valence-electron chi connectivity index (χ4n) is 3.29. The Bertz CT molecular complexity index is 1030. The molecule has 0 saturated carbocycles. The summed E-state index contributed by atoms with van der Waals surface area (Å²) < 4.78 is 30.0. The maximum absolute atomic E-state index is 13.4. The number of rotatable bonds is 13. The average molecular weight is 492 g/mol. The van der Waals surface area contributed by atoms with E-state index in [0.29, 0.717) is 12.2 Å². The molecule has 2 amide bonds. The number of carbonyl (C=O) groups excluding carboxylic acids is 2. The maximum atomic E-state index is 13.4.